The van der Waals surface area contributed by atoms with Crippen LogP contribution in [-0.4, -0.2) is 23.7 Å². The summed E-state index contributed by atoms with van der Waals surface area (Å²) in [7, 11) is 0. The van der Waals surface area contributed by atoms with Crippen LogP contribution in [0.25, 0.3) is 0 Å². The molecule has 0 aromatic carbocycles. The fourth-order valence-corrected chi connectivity index (χ4v) is 3.71. The molecule has 3 unspecified atom stereocenters. The molecule has 18 heavy (non-hydrogen) atoms. The first kappa shape index (κ1) is 11.5. The molecule has 4 nitrogen and oxygen atoms in total. The second-order valence-electron chi connectivity index (χ2n) is 5.22. The van der Waals surface area contributed by atoms with E-state index in [1.54, 1.807) is 6.92 Å². The molecular formula is C14H16O4. The highest BCUT2D eigenvalue weighted by Crippen LogP contribution is 2.56. The molecule has 0 aliphatic heterocycles. The number of rotatable bonds is 3. The van der Waals surface area contributed by atoms with Crippen molar-refractivity contribution in [2.45, 2.75) is 6.92 Å². The summed E-state index contributed by atoms with van der Waals surface area (Å²) in [6, 6.07) is 0. The number of ether oxygens (including phenoxy) is 1. The minimum atomic E-state index is -0.883. The Morgan fingerprint density at radius 1 is 1.00 bits per heavy atom. The van der Waals surface area contributed by atoms with Crippen LogP contribution in [0.5, 0.6) is 0 Å². The number of allylic oxidation sites excluding steroid dienone is 4. The zero-order valence-electron chi connectivity index (χ0n) is 10.2. The Morgan fingerprint density at radius 2 is 1.50 bits per heavy atom. The zero-order chi connectivity index (χ0) is 12.9. The number of aliphatic carboxylic acids is 1. The molecule has 6 atom stereocenters. The van der Waals surface area contributed by atoms with E-state index in [1.807, 2.05) is 12.2 Å². The van der Waals surface area contributed by atoms with E-state index in [0.717, 1.165) is 0 Å². The first-order valence-corrected chi connectivity index (χ1v) is 6.41. The summed E-state index contributed by atoms with van der Waals surface area (Å²) in [5, 5.41) is 9.41. The highest BCUT2D eigenvalue weighted by Gasteiger charge is 2.57. The Balaban J connectivity index is 1.96. The van der Waals surface area contributed by atoms with Gasteiger partial charge in [0.1, 0.15) is 0 Å². The topological polar surface area (TPSA) is 63.6 Å². The van der Waals surface area contributed by atoms with Gasteiger partial charge in [0.15, 0.2) is 0 Å². The summed E-state index contributed by atoms with van der Waals surface area (Å²) in [6.45, 7) is 2.04. The maximum Gasteiger partial charge on any atom is 0.310 e. The summed E-state index contributed by atoms with van der Waals surface area (Å²) in [4.78, 5) is 23.5. The minimum Gasteiger partial charge on any atom is -0.481 e. The molecule has 4 aliphatic carbocycles. The summed E-state index contributed by atoms with van der Waals surface area (Å²) >= 11 is 0. The number of hydrogen-bond donors (Lipinski definition) is 1. The molecule has 4 heteroatoms. The van der Waals surface area contributed by atoms with E-state index < -0.39 is 17.8 Å². The zero-order valence-corrected chi connectivity index (χ0v) is 10.2. The molecule has 0 saturated heterocycles. The fraction of sp³-hybridized carbons (Fsp3) is 0.571. The Kier molecular flexibility index (Phi) is 2.54. The van der Waals surface area contributed by atoms with Crippen molar-refractivity contribution in [3.63, 3.8) is 0 Å². The van der Waals surface area contributed by atoms with Crippen LogP contribution in [0, 0.1) is 35.5 Å². The van der Waals surface area contributed by atoms with Gasteiger partial charge in [0.25, 0.3) is 0 Å². The number of hydrogen-bond acceptors (Lipinski definition) is 3. The number of carboxylic acids is 1. The lowest BCUT2D eigenvalue weighted by molar-refractivity contribution is -0.167. The van der Waals surface area contributed by atoms with Crippen molar-refractivity contribution in [1.82, 2.24) is 0 Å². The van der Waals surface area contributed by atoms with Crippen LogP contribution in [0.3, 0.4) is 0 Å². The predicted octanol–water partition coefficient (Wildman–Crippen LogP) is 1.48. The predicted molar refractivity (Wildman–Crippen MR) is 63.5 cm³/mol. The molecule has 1 saturated carbocycles. The van der Waals surface area contributed by atoms with Crippen LogP contribution in [0.4, 0.5) is 0 Å². The van der Waals surface area contributed by atoms with E-state index in [4.69, 9.17) is 4.74 Å². The minimum absolute atomic E-state index is 0.00912. The number of carbonyl (C=O) groups excluding carboxylic acids is 1. The lowest BCUT2D eigenvalue weighted by Gasteiger charge is -2.53. The van der Waals surface area contributed by atoms with Crippen LogP contribution < -0.4 is 0 Å². The molecule has 1 fully saturated rings. The molecule has 96 valence electrons. The Morgan fingerprint density at radius 3 is 1.94 bits per heavy atom. The lowest BCUT2D eigenvalue weighted by atomic mass is 9.50. The Bertz CT molecular complexity index is 451. The monoisotopic (exact) mass is 248 g/mol. The molecule has 0 aromatic rings. The van der Waals surface area contributed by atoms with Gasteiger partial charge in [0.2, 0.25) is 0 Å². The Hall–Kier alpha value is -1.58. The third-order valence-electron chi connectivity index (χ3n) is 4.50. The first-order chi connectivity index (χ1) is 8.65. The Labute approximate surface area is 105 Å². The summed E-state index contributed by atoms with van der Waals surface area (Å²) < 4.78 is 5.06. The SMILES string of the molecule is CCOC(=O)C1[C@H]2C=C[C@H](C3C=CC32)[C@@H]1C(=O)O. The van der Waals surface area contributed by atoms with Crippen molar-refractivity contribution in [2.75, 3.05) is 6.61 Å². The molecule has 0 radical (unpaired) electrons. The van der Waals surface area contributed by atoms with Crippen molar-refractivity contribution < 1.29 is 19.4 Å². The van der Waals surface area contributed by atoms with Gasteiger partial charge < -0.3 is 9.84 Å². The standard InChI is InChI=1S/C14H16O4/c1-2-18-14(17)12-10-6-5-9(11(12)13(15)16)7-3-4-8(7)10/h3-12H,2H2,1H3,(H,15,16)/t7?,8?,9-,10+,11+,12?/m1/s1. The van der Waals surface area contributed by atoms with Gasteiger partial charge in [-0.25, -0.2) is 0 Å². The van der Waals surface area contributed by atoms with Crippen LogP contribution in [0.15, 0.2) is 24.3 Å². The van der Waals surface area contributed by atoms with Crippen LogP contribution >= 0.6 is 0 Å². The third-order valence-corrected chi connectivity index (χ3v) is 4.50. The number of esters is 1. The molecule has 0 heterocycles. The lowest BCUT2D eigenvalue weighted by Crippen LogP contribution is -2.55. The molecule has 2 bridgehead atoms. The second-order valence-corrected chi connectivity index (χ2v) is 5.22. The number of carbonyl (C=O) groups is 2. The van der Waals surface area contributed by atoms with E-state index in [0.29, 0.717) is 18.4 Å². The maximum absolute atomic E-state index is 12.0. The van der Waals surface area contributed by atoms with E-state index in [9.17, 15) is 14.7 Å². The van der Waals surface area contributed by atoms with Crippen LogP contribution in [0.1, 0.15) is 6.92 Å². The van der Waals surface area contributed by atoms with Gasteiger partial charge in [0, 0.05) is 0 Å². The average molecular weight is 248 g/mol. The van der Waals surface area contributed by atoms with Crippen molar-refractivity contribution in [3.05, 3.63) is 24.3 Å². The number of carboxylic acid groups (broad SMARTS) is 1. The molecule has 0 aromatic heterocycles. The first-order valence-electron chi connectivity index (χ1n) is 6.41. The van der Waals surface area contributed by atoms with E-state index >= 15 is 0 Å². The van der Waals surface area contributed by atoms with E-state index in [1.165, 1.54) is 0 Å². The highest BCUT2D eigenvalue weighted by atomic mass is 16.5. The van der Waals surface area contributed by atoms with Gasteiger partial charge in [-0.1, -0.05) is 24.3 Å². The van der Waals surface area contributed by atoms with E-state index in [2.05, 4.69) is 12.2 Å². The van der Waals surface area contributed by atoms with Gasteiger partial charge in [-0.2, -0.15) is 0 Å². The van der Waals surface area contributed by atoms with Crippen LogP contribution in [-0.2, 0) is 14.3 Å². The molecule has 0 spiro atoms. The van der Waals surface area contributed by atoms with Gasteiger partial charge in [0.05, 0.1) is 18.4 Å². The van der Waals surface area contributed by atoms with Gasteiger partial charge in [-0.05, 0) is 30.6 Å². The summed E-state index contributed by atoms with van der Waals surface area (Å²) in [5.41, 5.74) is 0. The van der Waals surface area contributed by atoms with Crippen LogP contribution in [0.2, 0.25) is 0 Å². The van der Waals surface area contributed by atoms with Gasteiger partial charge >= 0.3 is 11.9 Å². The number of fused-ring (bicyclic) bond motifs is 1. The summed E-state index contributed by atoms with van der Waals surface area (Å²) in [5.74, 6) is -1.85. The third kappa shape index (κ3) is 1.38. The van der Waals surface area contributed by atoms with Crippen molar-refractivity contribution in [3.8, 4) is 0 Å². The maximum atomic E-state index is 12.0. The van der Waals surface area contributed by atoms with E-state index in [-0.39, 0.29) is 17.8 Å². The van der Waals surface area contributed by atoms with Gasteiger partial charge in [-0.15, -0.1) is 0 Å². The normalized spacial score (nSPS) is 43.2. The van der Waals surface area contributed by atoms with Gasteiger partial charge in [-0.3, -0.25) is 9.59 Å². The summed E-state index contributed by atoms with van der Waals surface area (Å²) in [6.07, 6.45) is 8.15. The highest BCUT2D eigenvalue weighted by molar-refractivity contribution is 5.83. The van der Waals surface area contributed by atoms with Crippen molar-refractivity contribution in [2.24, 2.45) is 35.5 Å². The van der Waals surface area contributed by atoms with Crippen molar-refractivity contribution in [1.29, 1.82) is 0 Å². The smallest absolute Gasteiger partial charge is 0.310 e. The second kappa shape index (κ2) is 3.97. The molecule has 0 amide bonds. The quantitative estimate of drug-likeness (QED) is 0.607. The average Bonchev–Trinajstić information content (AvgIpc) is 2.27. The molecule has 1 N–H and O–H groups in total. The molecule has 4 rings (SSSR count). The largest absolute Gasteiger partial charge is 0.481 e. The van der Waals surface area contributed by atoms with Crippen molar-refractivity contribution >= 4 is 11.9 Å². The molecular weight excluding hydrogens is 232 g/mol. The fourth-order valence-electron chi connectivity index (χ4n) is 3.71. The molecule has 4 aliphatic rings.